The zero-order valence-electron chi connectivity index (χ0n) is 13.0. The molecule has 1 unspecified atom stereocenters. The molecule has 0 spiro atoms. The summed E-state index contributed by atoms with van der Waals surface area (Å²) in [5.41, 5.74) is 8.08. The van der Waals surface area contributed by atoms with Crippen molar-refractivity contribution in [1.29, 1.82) is 0 Å². The molecule has 6 heteroatoms. The van der Waals surface area contributed by atoms with Crippen LogP contribution in [0.15, 0.2) is 59.5 Å². The smallest absolute Gasteiger partial charge is 0.177 e. The van der Waals surface area contributed by atoms with Gasteiger partial charge >= 0.3 is 0 Å². The summed E-state index contributed by atoms with van der Waals surface area (Å²) in [4.78, 5) is 6.18. The summed E-state index contributed by atoms with van der Waals surface area (Å²) < 4.78 is 0. The van der Waals surface area contributed by atoms with E-state index in [0.717, 1.165) is 17.4 Å². The number of nitrogens with two attached hydrogens (primary N) is 1. The van der Waals surface area contributed by atoms with Crippen LogP contribution in [0, 0.1) is 0 Å². The maximum Gasteiger partial charge on any atom is 0.177 e. The van der Waals surface area contributed by atoms with Gasteiger partial charge in [0.05, 0.1) is 22.8 Å². The predicted octanol–water partition coefficient (Wildman–Crippen LogP) is 3.38. The first-order valence-corrected chi connectivity index (χ1v) is 9.57. The Labute approximate surface area is 156 Å². The number of hydrogen-bond donors (Lipinski definition) is 1. The van der Waals surface area contributed by atoms with Crippen molar-refractivity contribution in [3.05, 3.63) is 60.2 Å². The van der Waals surface area contributed by atoms with Crippen molar-refractivity contribution < 1.29 is 0 Å². The van der Waals surface area contributed by atoms with Gasteiger partial charge < -0.3 is 15.5 Å². The SMILES string of the molecule is NC(=S)CN1CC2(c3ccccc3)CSc3ccccc3N2C1=S. The molecule has 0 aromatic heterocycles. The zero-order valence-corrected chi connectivity index (χ0v) is 15.5. The summed E-state index contributed by atoms with van der Waals surface area (Å²) in [6.07, 6.45) is 0. The minimum atomic E-state index is -0.178. The minimum absolute atomic E-state index is 0.178. The lowest BCUT2D eigenvalue weighted by Gasteiger charge is -2.42. The van der Waals surface area contributed by atoms with E-state index in [1.165, 1.54) is 16.1 Å². The summed E-state index contributed by atoms with van der Waals surface area (Å²) in [5.74, 6) is 0.946. The molecule has 1 fully saturated rings. The van der Waals surface area contributed by atoms with E-state index in [9.17, 15) is 0 Å². The first-order chi connectivity index (χ1) is 11.6. The van der Waals surface area contributed by atoms with Crippen molar-refractivity contribution in [2.75, 3.05) is 23.7 Å². The third kappa shape index (κ3) is 2.41. The van der Waals surface area contributed by atoms with Crippen LogP contribution < -0.4 is 10.6 Å². The van der Waals surface area contributed by atoms with Gasteiger partial charge in [-0.1, -0.05) is 54.7 Å². The molecule has 2 aliphatic rings. The predicted molar refractivity (Wildman–Crippen MR) is 109 cm³/mol. The van der Waals surface area contributed by atoms with E-state index in [4.69, 9.17) is 30.2 Å². The Morgan fingerprint density at radius 2 is 1.83 bits per heavy atom. The molecule has 1 atom stereocenters. The molecule has 24 heavy (non-hydrogen) atoms. The first kappa shape index (κ1) is 15.9. The van der Waals surface area contributed by atoms with Crippen LogP contribution in [-0.4, -0.2) is 33.8 Å². The van der Waals surface area contributed by atoms with E-state index < -0.39 is 0 Å². The summed E-state index contributed by atoms with van der Waals surface area (Å²) in [6.45, 7) is 1.32. The molecule has 0 saturated carbocycles. The zero-order chi connectivity index (χ0) is 16.7. The van der Waals surface area contributed by atoms with E-state index in [0.29, 0.717) is 11.5 Å². The van der Waals surface area contributed by atoms with Gasteiger partial charge in [0.2, 0.25) is 0 Å². The van der Waals surface area contributed by atoms with Gasteiger partial charge in [-0.3, -0.25) is 0 Å². The number of benzene rings is 2. The number of rotatable bonds is 3. The van der Waals surface area contributed by atoms with Crippen molar-refractivity contribution in [3.63, 3.8) is 0 Å². The van der Waals surface area contributed by atoms with Gasteiger partial charge in [-0.05, 0) is 29.9 Å². The lowest BCUT2D eigenvalue weighted by atomic mass is 9.90. The molecule has 2 aromatic carbocycles. The van der Waals surface area contributed by atoms with Crippen LogP contribution in [0.2, 0.25) is 0 Å². The van der Waals surface area contributed by atoms with Gasteiger partial charge in [0.15, 0.2) is 5.11 Å². The number of para-hydroxylation sites is 1. The molecular weight excluding hydrogens is 354 g/mol. The van der Waals surface area contributed by atoms with E-state index in [2.05, 4.69) is 64.4 Å². The fourth-order valence-electron chi connectivity index (χ4n) is 3.55. The van der Waals surface area contributed by atoms with Crippen LogP contribution in [0.5, 0.6) is 0 Å². The Hall–Kier alpha value is -1.63. The summed E-state index contributed by atoms with van der Waals surface area (Å²) in [7, 11) is 0. The quantitative estimate of drug-likeness (QED) is 0.833. The second kappa shape index (κ2) is 6.02. The largest absolute Gasteiger partial charge is 0.392 e. The molecule has 0 bridgehead atoms. The average Bonchev–Trinajstić information content (AvgIpc) is 2.89. The molecule has 0 aliphatic carbocycles. The van der Waals surface area contributed by atoms with Gasteiger partial charge in [0.1, 0.15) is 0 Å². The van der Waals surface area contributed by atoms with E-state index in [-0.39, 0.29) is 5.54 Å². The fraction of sp³-hybridized carbons (Fsp3) is 0.222. The molecule has 2 N–H and O–H groups in total. The third-order valence-corrected chi connectivity index (χ3v) is 6.42. The summed E-state index contributed by atoms with van der Waals surface area (Å²) in [6, 6.07) is 19.1. The number of anilines is 1. The topological polar surface area (TPSA) is 32.5 Å². The summed E-state index contributed by atoms with van der Waals surface area (Å²) >= 11 is 12.9. The Kier molecular flexibility index (Phi) is 3.98. The number of nitrogens with zero attached hydrogens (tertiary/aromatic N) is 2. The van der Waals surface area contributed by atoms with Crippen molar-refractivity contribution in [2.24, 2.45) is 5.73 Å². The van der Waals surface area contributed by atoms with Gasteiger partial charge in [-0.15, -0.1) is 11.8 Å². The maximum absolute atomic E-state index is 5.83. The molecule has 2 aliphatic heterocycles. The molecule has 4 rings (SSSR count). The van der Waals surface area contributed by atoms with Crippen molar-refractivity contribution >= 4 is 52.0 Å². The third-order valence-electron chi connectivity index (χ3n) is 4.57. The van der Waals surface area contributed by atoms with E-state index in [1.807, 2.05) is 11.8 Å². The number of fused-ring (bicyclic) bond motifs is 3. The Morgan fingerprint density at radius 1 is 1.12 bits per heavy atom. The van der Waals surface area contributed by atoms with Crippen LogP contribution in [0.1, 0.15) is 5.56 Å². The van der Waals surface area contributed by atoms with Crippen LogP contribution in [0.25, 0.3) is 0 Å². The number of thioether (sulfide) groups is 1. The van der Waals surface area contributed by atoms with Crippen LogP contribution in [-0.2, 0) is 5.54 Å². The van der Waals surface area contributed by atoms with Crippen LogP contribution in [0.4, 0.5) is 5.69 Å². The van der Waals surface area contributed by atoms with Crippen LogP contribution >= 0.6 is 36.2 Å². The molecule has 1 saturated heterocycles. The molecular formula is C18H17N3S3. The highest BCUT2D eigenvalue weighted by molar-refractivity contribution is 7.99. The minimum Gasteiger partial charge on any atom is -0.392 e. The van der Waals surface area contributed by atoms with Crippen molar-refractivity contribution in [2.45, 2.75) is 10.4 Å². The molecule has 0 radical (unpaired) electrons. The molecule has 2 heterocycles. The first-order valence-electron chi connectivity index (χ1n) is 7.77. The lowest BCUT2D eigenvalue weighted by molar-refractivity contribution is 0.414. The Bertz CT molecular complexity index is 808. The number of hydrogen-bond acceptors (Lipinski definition) is 3. The fourth-order valence-corrected chi connectivity index (χ4v) is 5.37. The van der Waals surface area contributed by atoms with Gasteiger partial charge in [0, 0.05) is 17.2 Å². The molecule has 122 valence electrons. The Balaban J connectivity index is 1.87. The van der Waals surface area contributed by atoms with Crippen molar-refractivity contribution in [1.82, 2.24) is 4.90 Å². The summed E-state index contributed by atoms with van der Waals surface area (Å²) in [5, 5.41) is 0.805. The van der Waals surface area contributed by atoms with E-state index in [1.54, 1.807) is 0 Å². The van der Waals surface area contributed by atoms with Crippen molar-refractivity contribution in [3.8, 4) is 0 Å². The lowest BCUT2D eigenvalue weighted by Crippen LogP contribution is -2.49. The highest BCUT2D eigenvalue weighted by Gasteiger charge is 2.52. The second-order valence-corrected chi connectivity index (χ2v) is 8.00. The maximum atomic E-state index is 5.83. The molecule has 0 amide bonds. The number of thiocarbonyl (C=S) groups is 2. The molecule has 2 aromatic rings. The average molecular weight is 372 g/mol. The highest BCUT2D eigenvalue weighted by Crippen LogP contribution is 2.50. The molecule has 3 nitrogen and oxygen atoms in total. The van der Waals surface area contributed by atoms with Gasteiger partial charge in [-0.2, -0.15) is 0 Å². The monoisotopic (exact) mass is 371 g/mol. The van der Waals surface area contributed by atoms with E-state index >= 15 is 0 Å². The Morgan fingerprint density at radius 3 is 2.58 bits per heavy atom. The van der Waals surface area contributed by atoms with Gasteiger partial charge in [-0.25, -0.2) is 0 Å². The second-order valence-electron chi connectivity index (χ2n) is 6.09. The normalized spacial score (nSPS) is 22.2. The van der Waals surface area contributed by atoms with Gasteiger partial charge in [0.25, 0.3) is 0 Å². The standard InChI is InChI=1S/C18H17N3S3/c19-16(22)10-20-11-18(13-6-2-1-3-7-13)12-24-15-9-5-4-8-14(15)21(18)17(20)23/h1-9H,10-12H2,(H2,19,22). The van der Waals surface area contributed by atoms with Crippen LogP contribution in [0.3, 0.4) is 0 Å². The highest BCUT2D eigenvalue weighted by atomic mass is 32.2.